The van der Waals surface area contributed by atoms with E-state index in [-0.39, 0.29) is 5.82 Å². The number of anilines is 1. The molecule has 0 amide bonds. The van der Waals surface area contributed by atoms with Gasteiger partial charge in [-0.3, -0.25) is 13.7 Å². The lowest BCUT2D eigenvalue weighted by molar-refractivity contribution is 0.0764. The van der Waals surface area contributed by atoms with E-state index in [1.54, 1.807) is 11.5 Å². The molecule has 0 fully saturated rings. The monoisotopic (exact) mass is 385 g/mol. The number of nitrogen functional groups attached to an aromatic ring is 1. The fraction of sp³-hybridized carbons (Fsp3) is 0.444. The Balaban J connectivity index is 0.000000505. The van der Waals surface area contributed by atoms with Crippen molar-refractivity contribution in [2.24, 2.45) is 0 Å². The van der Waals surface area contributed by atoms with Gasteiger partial charge >= 0.3 is 18.0 Å². The number of fused-ring (bicyclic) bond motifs is 1. The molecule has 1 unspecified atom stereocenters. The third kappa shape index (κ3) is 7.74. The first kappa shape index (κ1) is 20.4. The van der Waals surface area contributed by atoms with E-state index in [4.69, 9.17) is 37.8 Å². The van der Waals surface area contributed by atoms with Crippen molar-refractivity contribution >= 4 is 35.0 Å². The number of aromatic nitrogens is 4. The summed E-state index contributed by atoms with van der Waals surface area (Å²) in [7, 11) is -8.82. The molecular formula is C9H16N5O8PS. The number of nitrogens with two attached hydrogens (primary N) is 1. The lowest BCUT2D eigenvalue weighted by atomic mass is 10.4. The molecule has 2 heterocycles. The summed E-state index contributed by atoms with van der Waals surface area (Å²) in [6, 6.07) is 0. The number of nitrogens with zero attached hydrogens (tertiary/aromatic N) is 4. The Hall–Kier alpha value is -1.67. The summed E-state index contributed by atoms with van der Waals surface area (Å²) < 4.78 is 49.1. The normalized spacial score (nSPS) is 13.4. The van der Waals surface area contributed by atoms with Crippen LogP contribution in [0.2, 0.25) is 0 Å². The van der Waals surface area contributed by atoms with Gasteiger partial charge in [-0.05, 0) is 6.92 Å². The summed E-state index contributed by atoms with van der Waals surface area (Å²) >= 11 is 0. The zero-order chi connectivity index (χ0) is 18.5. The van der Waals surface area contributed by atoms with Crippen LogP contribution in [-0.2, 0) is 26.2 Å². The van der Waals surface area contributed by atoms with E-state index in [1.165, 1.54) is 12.7 Å². The molecule has 2 rings (SSSR count). The maximum absolute atomic E-state index is 10.7. The van der Waals surface area contributed by atoms with Gasteiger partial charge in [0.05, 0.1) is 19.0 Å². The van der Waals surface area contributed by atoms with Crippen LogP contribution in [0, 0.1) is 0 Å². The molecule has 6 N–H and O–H groups in total. The molecule has 0 saturated carbocycles. The fourth-order valence-electron chi connectivity index (χ4n) is 1.59. The molecule has 0 aliphatic heterocycles. The second-order valence-electron chi connectivity index (χ2n) is 4.55. The summed E-state index contributed by atoms with van der Waals surface area (Å²) in [6.45, 7) is 2.05. The molecule has 13 nitrogen and oxygen atoms in total. The molecule has 0 aromatic carbocycles. The summed E-state index contributed by atoms with van der Waals surface area (Å²) in [5.41, 5.74) is 6.70. The zero-order valence-corrected chi connectivity index (χ0v) is 14.0. The van der Waals surface area contributed by atoms with Crippen LogP contribution in [0.25, 0.3) is 11.2 Å². The van der Waals surface area contributed by atoms with E-state index >= 15 is 0 Å². The summed E-state index contributed by atoms with van der Waals surface area (Å²) in [5, 5.41) is 0. The number of hydrogen-bond donors (Lipinski definition) is 5. The predicted octanol–water partition coefficient (Wildman–Crippen LogP) is -0.704. The maximum Gasteiger partial charge on any atom is 0.394 e. The van der Waals surface area contributed by atoms with E-state index < -0.39 is 30.4 Å². The smallest absolute Gasteiger partial charge is 0.382 e. The molecule has 136 valence electrons. The largest absolute Gasteiger partial charge is 0.394 e. The predicted molar refractivity (Wildman–Crippen MR) is 81.4 cm³/mol. The average Bonchev–Trinajstić information content (AvgIpc) is 2.79. The van der Waals surface area contributed by atoms with E-state index in [0.717, 1.165) is 0 Å². The third-order valence-corrected chi connectivity index (χ3v) is 2.90. The van der Waals surface area contributed by atoms with Crippen LogP contribution >= 0.6 is 7.60 Å². The van der Waals surface area contributed by atoms with Gasteiger partial charge in [0.15, 0.2) is 11.5 Å². The molecule has 15 heteroatoms. The third-order valence-electron chi connectivity index (χ3n) is 2.41. The second kappa shape index (κ2) is 7.94. The number of rotatable bonds is 5. The Morgan fingerprint density at radius 3 is 2.46 bits per heavy atom. The highest BCUT2D eigenvalue weighted by Gasteiger charge is 2.16. The average molecular weight is 385 g/mol. The topological polar surface area (TPSA) is 211 Å². The van der Waals surface area contributed by atoms with Crippen molar-refractivity contribution in [3.8, 4) is 0 Å². The van der Waals surface area contributed by atoms with Gasteiger partial charge in [-0.15, -0.1) is 0 Å². The summed E-state index contributed by atoms with van der Waals surface area (Å²) in [5.74, 6) is 0.285. The van der Waals surface area contributed by atoms with E-state index in [9.17, 15) is 4.57 Å². The van der Waals surface area contributed by atoms with Gasteiger partial charge in [-0.25, -0.2) is 15.0 Å². The van der Waals surface area contributed by atoms with E-state index in [0.29, 0.717) is 17.7 Å². The van der Waals surface area contributed by atoms with Crippen LogP contribution in [0.15, 0.2) is 12.7 Å². The van der Waals surface area contributed by atoms with Crippen molar-refractivity contribution in [1.29, 1.82) is 0 Å². The van der Waals surface area contributed by atoms with Crippen molar-refractivity contribution in [2.75, 3.05) is 12.1 Å². The van der Waals surface area contributed by atoms with Crippen LogP contribution < -0.4 is 5.73 Å². The van der Waals surface area contributed by atoms with Crippen LogP contribution in [0.4, 0.5) is 5.82 Å². The zero-order valence-electron chi connectivity index (χ0n) is 12.3. The molecule has 2 aromatic heterocycles. The van der Waals surface area contributed by atoms with Crippen LogP contribution in [-0.4, -0.2) is 59.3 Å². The SMILES string of the molecule is CC(Cn1cnc2c(N)ncnc21)OCP(=O)(O)O.O=S(=O)(O)O. The molecule has 0 radical (unpaired) electrons. The molecule has 0 aliphatic carbocycles. The van der Waals surface area contributed by atoms with Gasteiger partial charge in [0.1, 0.15) is 18.2 Å². The lowest BCUT2D eigenvalue weighted by Crippen LogP contribution is -2.17. The maximum atomic E-state index is 10.7. The molecule has 0 aliphatic rings. The highest BCUT2D eigenvalue weighted by atomic mass is 32.3. The number of hydrogen-bond acceptors (Lipinski definition) is 8. The molecule has 0 bridgehead atoms. The lowest BCUT2D eigenvalue weighted by Gasteiger charge is -2.14. The number of imidazole rings is 1. The molecule has 0 saturated heterocycles. The van der Waals surface area contributed by atoms with Gasteiger partial charge in [0, 0.05) is 0 Å². The van der Waals surface area contributed by atoms with E-state index in [2.05, 4.69) is 15.0 Å². The van der Waals surface area contributed by atoms with Crippen molar-refractivity contribution in [2.45, 2.75) is 19.6 Å². The first-order chi connectivity index (χ1) is 10.9. The Labute approximate surface area is 136 Å². The molecular weight excluding hydrogens is 369 g/mol. The molecule has 2 aromatic rings. The van der Waals surface area contributed by atoms with Crippen molar-refractivity contribution in [3.05, 3.63) is 12.7 Å². The molecule has 1 atom stereocenters. The standard InChI is InChI=1S/C9H14N5O4P.H2O4S/c1-6(18-5-19(15,16)17)2-14-4-13-7-8(10)11-3-12-9(7)14;1-5(2,3)4/h3-4,6H,2,5H2,1H3,(H2,10,11,12)(H2,15,16,17);(H2,1,2,3,4). The minimum absolute atomic E-state index is 0.285. The van der Waals surface area contributed by atoms with Gasteiger partial charge in [0.2, 0.25) is 0 Å². The van der Waals surface area contributed by atoms with E-state index in [1.807, 2.05) is 0 Å². The molecule has 0 spiro atoms. The first-order valence-electron chi connectivity index (χ1n) is 6.14. The quantitative estimate of drug-likeness (QED) is 0.319. The Morgan fingerprint density at radius 1 is 1.33 bits per heavy atom. The van der Waals surface area contributed by atoms with Gasteiger partial charge in [-0.1, -0.05) is 0 Å². The minimum atomic E-state index is -4.67. The van der Waals surface area contributed by atoms with Crippen molar-refractivity contribution in [1.82, 2.24) is 19.5 Å². The Kier molecular flexibility index (Phi) is 6.74. The van der Waals surface area contributed by atoms with Crippen LogP contribution in [0.1, 0.15) is 6.92 Å². The van der Waals surface area contributed by atoms with Crippen LogP contribution in [0.3, 0.4) is 0 Å². The second-order valence-corrected chi connectivity index (χ2v) is 7.03. The fourth-order valence-corrected chi connectivity index (χ4v) is 2.04. The minimum Gasteiger partial charge on any atom is -0.382 e. The summed E-state index contributed by atoms with van der Waals surface area (Å²) in [6.07, 6.45) is 1.85. The van der Waals surface area contributed by atoms with Crippen LogP contribution in [0.5, 0.6) is 0 Å². The van der Waals surface area contributed by atoms with Crippen molar-refractivity contribution < 1.29 is 36.6 Å². The highest BCUT2D eigenvalue weighted by Crippen LogP contribution is 2.34. The highest BCUT2D eigenvalue weighted by molar-refractivity contribution is 7.79. The van der Waals surface area contributed by atoms with Crippen molar-refractivity contribution in [3.63, 3.8) is 0 Å². The number of ether oxygens (including phenoxy) is 1. The van der Waals surface area contributed by atoms with Gasteiger partial charge in [0.25, 0.3) is 0 Å². The summed E-state index contributed by atoms with van der Waals surface area (Å²) in [4.78, 5) is 29.4. The van der Waals surface area contributed by atoms with Gasteiger partial charge < -0.3 is 24.8 Å². The molecule has 24 heavy (non-hydrogen) atoms. The van der Waals surface area contributed by atoms with Gasteiger partial charge in [-0.2, -0.15) is 8.42 Å². The Bertz CT molecular complexity index is 826. The first-order valence-corrected chi connectivity index (χ1v) is 9.33. The Morgan fingerprint density at radius 2 is 1.92 bits per heavy atom.